The maximum Gasteiger partial charge on any atom is 0.339 e. The second kappa shape index (κ2) is 5.85. The van der Waals surface area contributed by atoms with Crippen molar-refractivity contribution < 1.29 is 9.47 Å². The molecule has 1 N–H and O–H groups in total. The number of hydrogen-bond acceptors (Lipinski definition) is 7. The van der Waals surface area contributed by atoms with Crippen molar-refractivity contribution in [1.82, 2.24) is 15.2 Å². The first kappa shape index (κ1) is 14.0. The van der Waals surface area contributed by atoms with E-state index < -0.39 is 0 Å². The van der Waals surface area contributed by atoms with E-state index in [-0.39, 0.29) is 12.2 Å². The molecule has 1 atom stereocenters. The molecule has 0 amide bonds. The van der Waals surface area contributed by atoms with Gasteiger partial charge in [-0.15, -0.1) is 16.4 Å². The molecule has 3 heterocycles. The topological polar surface area (TPSA) is 69.2 Å². The fourth-order valence-electron chi connectivity index (χ4n) is 2.41. The van der Waals surface area contributed by atoms with Gasteiger partial charge in [0.05, 0.1) is 11.5 Å². The number of hydrogen-bond donors (Lipinski definition) is 1. The third-order valence-corrected chi connectivity index (χ3v) is 4.32. The van der Waals surface area contributed by atoms with E-state index in [9.17, 15) is 0 Å². The van der Waals surface area contributed by atoms with Crippen molar-refractivity contribution in [2.24, 2.45) is 0 Å². The van der Waals surface area contributed by atoms with Crippen molar-refractivity contribution in [1.29, 1.82) is 0 Å². The lowest BCUT2D eigenvalue weighted by molar-refractivity contribution is 0.223. The second-order valence-electron chi connectivity index (χ2n) is 4.88. The molecule has 0 radical (unpaired) electrons. The number of ether oxygens (including phenoxy) is 2. The molecule has 0 spiro atoms. The van der Waals surface area contributed by atoms with Crippen molar-refractivity contribution in [3.05, 3.63) is 46.7 Å². The molecule has 1 aliphatic heterocycles. The highest BCUT2D eigenvalue weighted by Gasteiger charge is 2.26. The van der Waals surface area contributed by atoms with Crippen LogP contribution in [0, 0.1) is 0 Å². The van der Waals surface area contributed by atoms with Gasteiger partial charge < -0.3 is 14.8 Å². The van der Waals surface area contributed by atoms with E-state index in [0.717, 1.165) is 16.1 Å². The summed E-state index contributed by atoms with van der Waals surface area (Å²) in [6.45, 7) is 2.35. The summed E-state index contributed by atoms with van der Waals surface area (Å²) in [4.78, 5) is 5.43. The third kappa shape index (κ3) is 2.59. The van der Waals surface area contributed by atoms with Crippen molar-refractivity contribution in [2.45, 2.75) is 13.2 Å². The van der Waals surface area contributed by atoms with Crippen LogP contribution in [0.15, 0.2) is 41.8 Å². The Kier molecular flexibility index (Phi) is 3.55. The highest BCUT2D eigenvalue weighted by molar-refractivity contribution is 7.10. The standard InChI is InChI=1S/C16H14N4O2S/c1-2-21-16-18-15-13(19-20-16)10-6-3-4-7-11(10)17-14(22-15)12-8-5-9-23-12/h3-9,14,17H,2H2,1H3. The van der Waals surface area contributed by atoms with Gasteiger partial charge in [-0.3, -0.25) is 0 Å². The summed E-state index contributed by atoms with van der Waals surface area (Å²) in [6, 6.07) is 12.1. The van der Waals surface area contributed by atoms with Gasteiger partial charge in [0.1, 0.15) is 0 Å². The van der Waals surface area contributed by atoms with Gasteiger partial charge in [-0.1, -0.05) is 29.4 Å². The van der Waals surface area contributed by atoms with Gasteiger partial charge in [-0.05, 0) is 24.4 Å². The molecule has 1 unspecified atom stereocenters. The number of nitrogens with one attached hydrogen (secondary N) is 1. The summed E-state index contributed by atoms with van der Waals surface area (Å²) in [7, 11) is 0. The van der Waals surface area contributed by atoms with Crippen LogP contribution in [0.2, 0.25) is 0 Å². The molecule has 0 fully saturated rings. The van der Waals surface area contributed by atoms with Crippen LogP contribution in [0.5, 0.6) is 11.9 Å². The highest BCUT2D eigenvalue weighted by Crippen LogP contribution is 2.39. The van der Waals surface area contributed by atoms with Gasteiger partial charge in [0.25, 0.3) is 0 Å². The van der Waals surface area contributed by atoms with E-state index in [1.807, 2.05) is 48.7 Å². The summed E-state index contributed by atoms with van der Waals surface area (Å²) in [5.41, 5.74) is 2.45. The van der Waals surface area contributed by atoms with Gasteiger partial charge in [0.2, 0.25) is 12.1 Å². The maximum absolute atomic E-state index is 6.08. The van der Waals surface area contributed by atoms with E-state index in [0.29, 0.717) is 18.2 Å². The Morgan fingerprint density at radius 2 is 2.13 bits per heavy atom. The molecule has 0 bridgehead atoms. The van der Waals surface area contributed by atoms with E-state index in [4.69, 9.17) is 9.47 Å². The molecule has 0 aliphatic carbocycles. The van der Waals surface area contributed by atoms with E-state index >= 15 is 0 Å². The Morgan fingerprint density at radius 3 is 2.96 bits per heavy atom. The quantitative estimate of drug-likeness (QED) is 0.794. The van der Waals surface area contributed by atoms with Gasteiger partial charge >= 0.3 is 6.01 Å². The Morgan fingerprint density at radius 1 is 1.22 bits per heavy atom. The predicted octanol–water partition coefficient (Wildman–Crippen LogP) is 3.50. The van der Waals surface area contributed by atoms with Crippen molar-refractivity contribution >= 4 is 17.0 Å². The maximum atomic E-state index is 6.08. The van der Waals surface area contributed by atoms with Crippen molar-refractivity contribution in [3.8, 4) is 23.1 Å². The summed E-state index contributed by atoms with van der Waals surface area (Å²) >= 11 is 1.62. The fourth-order valence-corrected chi connectivity index (χ4v) is 3.11. The average molecular weight is 326 g/mol. The van der Waals surface area contributed by atoms with Gasteiger partial charge in [-0.2, -0.15) is 4.98 Å². The zero-order valence-corrected chi connectivity index (χ0v) is 13.2. The molecule has 0 saturated carbocycles. The molecule has 0 saturated heterocycles. The van der Waals surface area contributed by atoms with Crippen molar-refractivity contribution in [3.63, 3.8) is 0 Å². The van der Waals surface area contributed by atoms with Gasteiger partial charge in [0, 0.05) is 11.3 Å². The van der Waals surface area contributed by atoms with Crippen LogP contribution in [-0.2, 0) is 0 Å². The molecule has 2 aromatic heterocycles. The van der Waals surface area contributed by atoms with Gasteiger partial charge in [0.15, 0.2) is 5.69 Å². The minimum Gasteiger partial charge on any atom is -0.463 e. The minimum atomic E-state index is -0.330. The number of anilines is 1. The Labute approximate surface area is 137 Å². The van der Waals surface area contributed by atoms with Crippen molar-refractivity contribution in [2.75, 3.05) is 11.9 Å². The smallest absolute Gasteiger partial charge is 0.339 e. The number of fused-ring (bicyclic) bond motifs is 3. The Balaban J connectivity index is 1.84. The zero-order valence-electron chi connectivity index (χ0n) is 12.4. The highest BCUT2D eigenvalue weighted by atomic mass is 32.1. The molecule has 1 aromatic carbocycles. The molecule has 3 aromatic rings. The lowest BCUT2D eigenvalue weighted by Gasteiger charge is -2.17. The normalized spacial score (nSPS) is 15.6. The number of aromatic nitrogens is 3. The first-order valence-electron chi connectivity index (χ1n) is 7.28. The molecule has 23 heavy (non-hydrogen) atoms. The molecule has 7 heteroatoms. The van der Waals surface area contributed by atoms with Crippen LogP contribution < -0.4 is 14.8 Å². The van der Waals surface area contributed by atoms with Crippen LogP contribution >= 0.6 is 11.3 Å². The fraction of sp³-hybridized carbons (Fsp3) is 0.188. The molecular formula is C16H14N4O2S. The Hall–Kier alpha value is -2.67. The summed E-state index contributed by atoms with van der Waals surface area (Å²) in [5, 5.41) is 13.7. The zero-order chi connectivity index (χ0) is 15.6. The van der Waals surface area contributed by atoms with E-state index in [1.165, 1.54) is 0 Å². The molecule has 4 rings (SSSR count). The van der Waals surface area contributed by atoms with Crippen LogP contribution in [-0.4, -0.2) is 21.8 Å². The molecule has 6 nitrogen and oxygen atoms in total. The minimum absolute atomic E-state index is 0.218. The first-order chi connectivity index (χ1) is 11.3. The SMILES string of the molecule is CCOc1nnc2c(n1)OC(c1cccs1)Nc1ccccc1-2. The number of benzene rings is 1. The summed E-state index contributed by atoms with van der Waals surface area (Å²) < 4.78 is 11.4. The summed E-state index contributed by atoms with van der Waals surface area (Å²) in [6.07, 6.45) is -0.330. The van der Waals surface area contributed by atoms with Crippen LogP contribution in [0.25, 0.3) is 11.3 Å². The van der Waals surface area contributed by atoms with Crippen LogP contribution in [0.4, 0.5) is 5.69 Å². The molecule has 116 valence electrons. The van der Waals surface area contributed by atoms with E-state index in [1.54, 1.807) is 11.3 Å². The average Bonchev–Trinajstić information content (AvgIpc) is 3.05. The second-order valence-corrected chi connectivity index (χ2v) is 5.86. The third-order valence-electron chi connectivity index (χ3n) is 3.41. The number of para-hydroxylation sites is 1. The number of nitrogens with zero attached hydrogens (tertiary/aromatic N) is 3. The van der Waals surface area contributed by atoms with Crippen LogP contribution in [0.1, 0.15) is 18.0 Å². The summed E-state index contributed by atoms with van der Waals surface area (Å²) in [5.74, 6) is 0.416. The molecular weight excluding hydrogens is 312 g/mol. The van der Waals surface area contributed by atoms with Crippen LogP contribution in [0.3, 0.4) is 0 Å². The lowest BCUT2D eigenvalue weighted by Crippen LogP contribution is -2.15. The van der Waals surface area contributed by atoms with E-state index in [2.05, 4.69) is 20.5 Å². The largest absolute Gasteiger partial charge is 0.463 e. The van der Waals surface area contributed by atoms with Gasteiger partial charge in [-0.25, -0.2) is 0 Å². The number of rotatable bonds is 3. The Bertz CT molecular complexity index is 823. The number of thiophene rings is 1. The monoisotopic (exact) mass is 326 g/mol. The first-order valence-corrected chi connectivity index (χ1v) is 8.16. The lowest BCUT2D eigenvalue weighted by atomic mass is 10.1. The molecule has 1 aliphatic rings. The predicted molar refractivity (Wildman–Crippen MR) is 87.7 cm³/mol.